The Morgan fingerprint density at radius 3 is 2.59 bits per heavy atom. The van der Waals surface area contributed by atoms with Gasteiger partial charge in [-0.25, -0.2) is 0 Å². The lowest BCUT2D eigenvalue weighted by Crippen LogP contribution is -2.01. The summed E-state index contributed by atoms with van der Waals surface area (Å²) in [7, 11) is 1.64. The van der Waals surface area contributed by atoms with E-state index in [1.165, 1.54) is 6.92 Å². The first-order valence-electron chi connectivity index (χ1n) is 5.06. The van der Waals surface area contributed by atoms with E-state index in [1.54, 1.807) is 13.2 Å². The lowest BCUT2D eigenvalue weighted by Gasteiger charge is -2.08. The molecule has 0 unspecified atom stereocenters. The van der Waals surface area contributed by atoms with Gasteiger partial charge in [0, 0.05) is 12.3 Å². The number of hydrogen-bond acceptors (Lipinski definition) is 3. The number of fused-ring (bicyclic) bond motifs is 1. The first-order chi connectivity index (χ1) is 8.11. The second-order valence-electron chi connectivity index (χ2n) is 3.56. The summed E-state index contributed by atoms with van der Waals surface area (Å²) in [6, 6.07) is 9.46. The molecule has 0 aliphatic heterocycles. The van der Waals surface area contributed by atoms with Crippen LogP contribution in [0.4, 0.5) is 0 Å². The highest BCUT2D eigenvalue weighted by molar-refractivity contribution is 14.1. The Bertz CT molecular complexity index is 578. The Morgan fingerprint density at radius 1 is 1.24 bits per heavy atom. The van der Waals surface area contributed by atoms with E-state index >= 15 is 0 Å². The molecule has 4 heteroatoms. The predicted octanol–water partition coefficient (Wildman–Crippen LogP) is 3.38. The average Bonchev–Trinajstić information content (AvgIpc) is 2.29. The van der Waals surface area contributed by atoms with E-state index in [2.05, 4.69) is 22.6 Å². The number of esters is 1. The number of carbonyl (C=O) groups excluding carboxylic acids is 1. The second kappa shape index (κ2) is 4.91. The number of ether oxygens (including phenoxy) is 2. The molecule has 0 amide bonds. The van der Waals surface area contributed by atoms with E-state index in [9.17, 15) is 4.79 Å². The van der Waals surface area contributed by atoms with E-state index in [-0.39, 0.29) is 5.97 Å². The van der Waals surface area contributed by atoms with Crippen molar-refractivity contribution in [2.45, 2.75) is 6.92 Å². The Morgan fingerprint density at radius 2 is 1.94 bits per heavy atom. The van der Waals surface area contributed by atoms with Gasteiger partial charge < -0.3 is 9.47 Å². The minimum atomic E-state index is -0.317. The van der Waals surface area contributed by atoms with E-state index in [4.69, 9.17) is 9.47 Å². The molecule has 0 heterocycles. The lowest BCUT2D eigenvalue weighted by molar-refractivity contribution is -0.131. The van der Waals surface area contributed by atoms with E-state index < -0.39 is 0 Å². The molecule has 17 heavy (non-hydrogen) atoms. The number of hydrogen-bond donors (Lipinski definition) is 0. The van der Waals surface area contributed by atoms with Crippen molar-refractivity contribution in [1.29, 1.82) is 0 Å². The standard InChI is InChI=1S/C13H11IO3/c1-8(15)17-10-5-3-9-4-6-12(16-2)13(14)11(9)7-10/h3-7H,1-2H3. The van der Waals surface area contributed by atoms with Gasteiger partial charge in [-0.2, -0.15) is 0 Å². The summed E-state index contributed by atoms with van der Waals surface area (Å²) in [5.41, 5.74) is 0. The van der Waals surface area contributed by atoms with Crippen LogP contribution in [-0.2, 0) is 4.79 Å². The van der Waals surface area contributed by atoms with Crippen molar-refractivity contribution in [3.05, 3.63) is 33.9 Å². The Balaban J connectivity index is 2.57. The van der Waals surface area contributed by atoms with Crippen molar-refractivity contribution < 1.29 is 14.3 Å². The molecular weight excluding hydrogens is 331 g/mol. The average molecular weight is 342 g/mol. The Labute approximate surface area is 113 Å². The zero-order valence-corrected chi connectivity index (χ0v) is 11.6. The highest BCUT2D eigenvalue weighted by Crippen LogP contribution is 2.31. The zero-order valence-electron chi connectivity index (χ0n) is 9.49. The fourth-order valence-corrected chi connectivity index (χ4v) is 2.50. The summed E-state index contributed by atoms with van der Waals surface area (Å²) in [6.07, 6.45) is 0. The van der Waals surface area contributed by atoms with Crippen LogP contribution >= 0.6 is 22.6 Å². The molecule has 2 rings (SSSR count). The summed E-state index contributed by atoms with van der Waals surface area (Å²) >= 11 is 2.22. The predicted molar refractivity (Wildman–Crippen MR) is 74.5 cm³/mol. The number of methoxy groups -OCH3 is 1. The maximum atomic E-state index is 10.9. The minimum absolute atomic E-state index is 0.317. The molecule has 3 nitrogen and oxygen atoms in total. The second-order valence-corrected chi connectivity index (χ2v) is 4.64. The van der Waals surface area contributed by atoms with Crippen molar-refractivity contribution in [3.63, 3.8) is 0 Å². The molecule has 0 saturated heterocycles. The van der Waals surface area contributed by atoms with E-state index in [0.29, 0.717) is 5.75 Å². The Kier molecular flexibility index (Phi) is 3.51. The maximum Gasteiger partial charge on any atom is 0.308 e. The molecule has 0 fully saturated rings. The van der Waals surface area contributed by atoms with Gasteiger partial charge in [0.05, 0.1) is 10.7 Å². The van der Waals surface area contributed by atoms with Crippen LogP contribution in [0.1, 0.15) is 6.92 Å². The molecule has 0 N–H and O–H groups in total. The van der Waals surface area contributed by atoms with Crippen LogP contribution in [0.5, 0.6) is 11.5 Å². The quantitative estimate of drug-likeness (QED) is 0.477. The van der Waals surface area contributed by atoms with Crippen molar-refractivity contribution >= 4 is 39.3 Å². The van der Waals surface area contributed by atoms with E-state index in [0.717, 1.165) is 20.1 Å². The van der Waals surface area contributed by atoms with Gasteiger partial charge in [0.25, 0.3) is 0 Å². The van der Waals surface area contributed by atoms with E-state index in [1.807, 2.05) is 24.3 Å². The van der Waals surface area contributed by atoms with Gasteiger partial charge in [-0.05, 0) is 46.2 Å². The minimum Gasteiger partial charge on any atom is -0.496 e. The number of rotatable bonds is 2. The summed E-state index contributed by atoms with van der Waals surface area (Å²) in [6.45, 7) is 1.39. The van der Waals surface area contributed by atoms with Crippen LogP contribution in [0, 0.1) is 3.57 Å². The first kappa shape index (κ1) is 12.2. The van der Waals surface area contributed by atoms with Crippen molar-refractivity contribution in [2.75, 3.05) is 7.11 Å². The molecule has 0 aromatic heterocycles. The highest BCUT2D eigenvalue weighted by Gasteiger charge is 2.07. The van der Waals surface area contributed by atoms with Crippen LogP contribution in [-0.4, -0.2) is 13.1 Å². The van der Waals surface area contributed by atoms with Crippen LogP contribution in [0.25, 0.3) is 10.8 Å². The van der Waals surface area contributed by atoms with Gasteiger partial charge in [0.1, 0.15) is 11.5 Å². The topological polar surface area (TPSA) is 35.5 Å². The molecule has 0 atom stereocenters. The van der Waals surface area contributed by atoms with Crippen LogP contribution in [0.2, 0.25) is 0 Å². The van der Waals surface area contributed by atoms with Crippen molar-refractivity contribution in [3.8, 4) is 11.5 Å². The third-order valence-corrected chi connectivity index (χ3v) is 3.49. The van der Waals surface area contributed by atoms with Crippen molar-refractivity contribution in [2.24, 2.45) is 0 Å². The summed E-state index contributed by atoms with van der Waals surface area (Å²) in [4.78, 5) is 10.9. The van der Waals surface area contributed by atoms with Crippen LogP contribution in [0.15, 0.2) is 30.3 Å². The summed E-state index contributed by atoms with van der Waals surface area (Å²) in [5, 5.41) is 2.11. The monoisotopic (exact) mass is 342 g/mol. The number of halogens is 1. The molecule has 0 radical (unpaired) electrons. The highest BCUT2D eigenvalue weighted by atomic mass is 127. The van der Waals surface area contributed by atoms with Gasteiger partial charge in [-0.1, -0.05) is 12.1 Å². The summed E-state index contributed by atoms with van der Waals surface area (Å²) < 4.78 is 11.3. The van der Waals surface area contributed by atoms with Crippen LogP contribution in [0.3, 0.4) is 0 Å². The maximum absolute atomic E-state index is 10.9. The molecule has 88 valence electrons. The van der Waals surface area contributed by atoms with Crippen molar-refractivity contribution in [1.82, 2.24) is 0 Å². The molecule has 0 saturated carbocycles. The zero-order chi connectivity index (χ0) is 12.4. The van der Waals surface area contributed by atoms with Gasteiger partial charge in [-0.3, -0.25) is 4.79 Å². The van der Waals surface area contributed by atoms with Gasteiger partial charge in [0.2, 0.25) is 0 Å². The molecule has 0 aliphatic rings. The largest absolute Gasteiger partial charge is 0.496 e. The van der Waals surface area contributed by atoms with Crippen LogP contribution < -0.4 is 9.47 Å². The summed E-state index contributed by atoms with van der Waals surface area (Å²) in [5.74, 6) is 1.05. The Hall–Kier alpha value is -1.30. The smallest absolute Gasteiger partial charge is 0.308 e. The third kappa shape index (κ3) is 2.52. The molecule has 0 aliphatic carbocycles. The molecule has 0 bridgehead atoms. The van der Waals surface area contributed by atoms with Gasteiger partial charge in [-0.15, -0.1) is 0 Å². The van der Waals surface area contributed by atoms with Gasteiger partial charge >= 0.3 is 5.97 Å². The molecule has 2 aromatic rings. The molecule has 2 aromatic carbocycles. The number of benzene rings is 2. The normalized spacial score (nSPS) is 10.3. The number of carbonyl (C=O) groups is 1. The molecule has 0 spiro atoms. The lowest BCUT2D eigenvalue weighted by atomic mass is 10.1. The third-order valence-electron chi connectivity index (χ3n) is 2.37. The molecular formula is C13H11IO3. The fourth-order valence-electron chi connectivity index (χ4n) is 1.63. The first-order valence-corrected chi connectivity index (χ1v) is 6.14. The SMILES string of the molecule is COc1ccc2ccc(OC(C)=O)cc2c1I. The fraction of sp³-hybridized carbons (Fsp3) is 0.154. The van der Waals surface area contributed by atoms with Gasteiger partial charge in [0.15, 0.2) is 0 Å².